The zero-order chi connectivity index (χ0) is 21.9. The van der Waals surface area contributed by atoms with Crippen LogP contribution in [0.5, 0.6) is 11.5 Å². The highest BCUT2D eigenvalue weighted by molar-refractivity contribution is 5.74. The third-order valence-electron chi connectivity index (χ3n) is 3.37. The van der Waals surface area contributed by atoms with Gasteiger partial charge in [0.05, 0.1) is 23.1 Å². The van der Waals surface area contributed by atoms with Gasteiger partial charge in [-0.3, -0.25) is 20.2 Å². The minimum absolute atomic E-state index is 0.000172. The number of rotatable bonds is 11. The highest BCUT2D eigenvalue weighted by Crippen LogP contribution is 2.18. The van der Waals surface area contributed by atoms with Crippen LogP contribution in [0.15, 0.2) is 48.5 Å². The first-order valence-electron chi connectivity index (χ1n) is 8.41. The summed E-state index contributed by atoms with van der Waals surface area (Å²) in [6, 6.07) is 9.96. The van der Waals surface area contributed by atoms with Crippen molar-refractivity contribution < 1.29 is 38.4 Å². The fourth-order valence-electron chi connectivity index (χ4n) is 2.02. The van der Waals surface area contributed by atoms with Crippen LogP contribution < -0.4 is 9.47 Å². The second-order valence-electron chi connectivity index (χ2n) is 5.56. The molecule has 158 valence electrons. The van der Waals surface area contributed by atoms with Gasteiger partial charge in [0.15, 0.2) is 0 Å². The zero-order valence-electron chi connectivity index (χ0n) is 15.4. The summed E-state index contributed by atoms with van der Waals surface area (Å²) in [5, 5.41) is 21.1. The molecule has 0 aromatic heterocycles. The third kappa shape index (κ3) is 7.61. The maximum absolute atomic E-state index is 11.6. The maximum Gasteiger partial charge on any atom is 0.337 e. The SMILES string of the molecule is O=C(COCCOCC(=O)Oc1ccc([N+](=O)[O-])cc1)Oc1ccc([N+](=O)[O-])cc1. The van der Waals surface area contributed by atoms with Gasteiger partial charge in [0, 0.05) is 24.3 Å². The van der Waals surface area contributed by atoms with Gasteiger partial charge in [-0.2, -0.15) is 0 Å². The van der Waals surface area contributed by atoms with Crippen LogP contribution in [0.2, 0.25) is 0 Å². The minimum atomic E-state index is -0.707. The van der Waals surface area contributed by atoms with Crippen molar-refractivity contribution in [1.29, 1.82) is 0 Å². The second kappa shape index (κ2) is 11.2. The van der Waals surface area contributed by atoms with Gasteiger partial charge in [-0.15, -0.1) is 0 Å². The Bertz CT molecular complexity index is 821. The molecule has 12 heteroatoms. The molecule has 0 atom stereocenters. The standard InChI is InChI=1S/C18H16N2O10/c21-17(29-15-5-1-13(2-6-15)19(23)24)11-27-9-10-28-12-18(22)30-16-7-3-14(4-8-16)20(25)26/h1-8H,9-12H2. The first kappa shape index (κ1) is 22.4. The molecule has 0 aliphatic rings. The maximum atomic E-state index is 11.6. The fraction of sp³-hybridized carbons (Fsp3) is 0.222. The molecular weight excluding hydrogens is 404 g/mol. The van der Waals surface area contributed by atoms with E-state index in [1.807, 2.05) is 0 Å². The van der Waals surface area contributed by atoms with E-state index in [1.165, 1.54) is 48.5 Å². The molecular formula is C18H16N2O10. The van der Waals surface area contributed by atoms with Crippen molar-refractivity contribution in [2.75, 3.05) is 26.4 Å². The molecule has 0 bridgehead atoms. The summed E-state index contributed by atoms with van der Waals surface area (Å²) in [6.07, 6.45) is 0. The number of nitrogens with zero attached hydrogens (tertiary/aromatic N) is 2. The Morgan fingerprint density at radius 1 is 0.667 bits per heavy atom. The Morgan fingerprint density at radius 2 is 1.00 bits per heavy atom. The molecule has 0 N–H and O–H groups in total. The normalized spacial score (nSPS) is 10.3. The number of ether oxygens (including phenoxy) is 4. The Balaban J connectivity index is 1.57. The van der Waals surface area contributed by atoms with Gasteiger partial charge in [-0.1, -0.05) is 0 Å². The lowest BCUT2D eigenvalue weighted by Crippen LogP contribution is -2.20. The Kier molecular flexibility index (Phi) is 8.35. The van der Waals surface area contributed by atoms with Gasteiger partial charge in [-0.05, 0) is 24.3 Å². The summed E-state index contributed by atoms with van der Waals surface area (Å²) < 4.78 is 20.0. The highest BCUT2D eigenvalue weighted by Gasteiger charge is 2.10. The first-order valence-corrected chi connectivity index (χ1v) is 8.41. The van der Waals surface area contributed by atoms with Crippen LogP contribution in [0.1, 0.15) is 0 Å². The van der Waals surface area contributed by atoms with Crippen molar-refractivity contribution in [1.82, 2.24) is 0 Å². The minimum Gasteiger partial charge on any atom is -0.425 e. The molecule has 12 nitrogen and oxygen atoms in total. The van der Waals surface area contributed by atoms with Crippen molar-refractivity contribution in [3.05, 3.63) is 68.8 Å². The van der Waals surface area contributed by atoms with E-state index < -0.39 is 21.8 Å². The lowest BCUT2D eigenvalue weighted by Gasteiger charge is -2.07. The van der Waals surface area contributed by atoms with Gasteiger partial charge in [-0.25, -0.2) is 9.59 Å². The molecule has 0 saturated heterocycles. The van der Waals surface area contributed by atoms with Crippen molar-refractivity contribution in [2.45, 2.75) is 0 Å². The average Bonchev–Trinajstić information content (AvgIpc) is 2.71. The second-order valence-corrected chi connectivity index (χ2v) is 5.56. The summed E-state index contributed by atoms with van der Waals surface area (Å²) in [7, 11) is 0. The number of carbonyl (C=O) groups excluding carboxylic acids is 2. The Morgan fingerprint density at radius 3 is 1.30 bits per heavy atom. The predicted octanol–water partition coefficient (Wildman–Crippen LogP) is 2.05. The van der Waals surface area contributed by atoms with Crippen LogP contribution in [0, 0.1) is 20.2 Å². The van der Waals surface area contributed by atoms with E-state index in [0.717, 1.165) is 0 Å². The van der Waals surface area contributed by atoms with Crippen molar-refractivity contribution >= 4 is 23.3 Å². The van der Waals surface area contributed by atoms with Gasteiger partial charge < -0.3 is 18.9 Å². The van der Waals surface area contributed by atoms with E-state index in [9.17, 15) is 29.8 Å². The van der Waals surface area contributed by atoms with Gasteiger partial charge >= 0.3 is 11.9 Å². The molecule has 0 aliphatic carbocycles. The monoisotopic (exact) mass is 420 g/mol. The topological polar surface area (TPSA) is 157 Å². The van der Waals surface area contributed by atoms with Crippen LogP contribution in [0.25, 0.3) is 0 Å². The molecule has 0 unspecified atom stereocenters. The van der Waals surface area contributed by atoms with Gasteiger partial charge in [0.1, 0.15) is 24.7 Å². The average molecular weight is 420 g/mol. The number of hydrogen-bond acceptors (Lipinski definition) is 10. The van der Waals surface area contributed by atoms with Crippen molar-refractivity contribution in [3.8, 4) is 11.5 Å². The molecule has 0 heterocycles. The molecule has 30 heavy (non-hydrogen) atoms. The van der Waals surface area contributed by atoms with E-state index in [1.54, 1.807) is 0 Å². The van der Waals surface area contributed by atoms with Crippen LogP contribution in [0.4, 0.5) is 11.4 Å². The molecule has 0 fully saturated rings. The lowest BCUT2D eigenvalue weighted by atomic mass is 10.3. The van der Waals surface area contributed by atoms with Crippen LogP contribution >= 0.6 is 0 Å². The Hall–Kier alpha value is -3.90. The van der Waals surface area contributed by atoms with E-state index in [0.29, 0.717) is 0 Å². The largest absolute Gasteiger partial charge is 0.425 e. The van der Waals surface area contributed by atoms with Gasteiger partial charge in [0.2, 0.25) is 0 Å². The number of esters is 2. The molecule has 2 rings (SSSR count). The third-order valence-corrected chi connectivity index (χ3v) is 3.37. The van der Waals surface area contributed by atoms with Crippen LogP contribution in [-0.2, 0) is 19.1 Å². The number of non-ortho nitro benzene ring substituents is 2. The van der Waals surface area contributed by atoms with E-state index in [-0.39, 0.29) is 49.3 Å². The van der Waals surface area contributed by atoms with Gasteiger partial charge in [0.25, 0.3) is 11.4 Å². The Labute approximate surface area is 169 Å². The smallest absolute Gasteiger partial charge is 0.337 e. The summed E-state index contributed by atoms with van der Waals surface area (Å²) in [6.45, 7) is -0.762. The number of carbonyl (C=O) groups is 2. The number of nitro groups is 2. The van der Waals surface area contributed by atoms with E-state index in [2.05, 4.69) is 0 Å². The lowest BCUT2D eigenvalue weighted by molar-refractivity contribution is -0.385. The van der Waals surface area contributed by atoms with Crippen LogP contribution in [0.3, 0.4) is 0 Å². The molecule has 2 aromatic carbocycles. The fourth-order valence-corrected chi connectivity index (χ4v) is 2.02. The summed E-state index contributed by atoms with van der Waals surface area (Å²) in [5.74, 6) is -1.14. The predicted molar refractivity (Wildman–Crippen MR) is 99.1 cm³/mol. The summed E-state index contributed by atoms with van der Waals surface area (Å²) in [5.41, 5.74) is -0.259. The van der Waals surface area contributed by atoms with Crippen molar-refractivity contribution in [3.63, 3.8) is 0 Å². The quantitative estimate of drug-likeness (QED) is 0.173. The first-order chi connectivity index (χ1) is 14.3. The molecule has 0 aliphatic heterocycles. The highest BCUT2D eigenvalue weighted by atomic mass is 16.6. The summed E-state index contributed by atoms with van der Waals surface area (Å²) >= 11 is 0. The number of nitro benzene ring substituents is 2. The molecule has 0 spiro atoms. The van der Waals surface area contributed by atoms with E-state index >= 15 is 0 Å². The number of hydrogen-bond donors (Lipinski definition) is 0. The molecule has 0 radical (unpaired) electrons. The zero-order valence-corrected chi connectivity index (χ0v) is 15.4. The molecule has 2 aromatic rings. The molecule has 0 amide bonds. The molecule has 0 saturated carbocycles. The van der Waals surface area contributed by atoms with Crippen molar-refractivity contribution in [2.24, 2.45) is 0 Å². The van der Waals surface area contributed by atoms with E-state index in [4.69, 9.17) is 18.9 Å². The van der Waals surface area contributed by atoms with Crippen LogP contribution in [-0.4, -0.2) is 48.2 Å². The number of benzene rings is 2. The summed E-state index contributed by atoms with van der Waals surface area (Å²) in [4.78, 5) is 43.2.